The van der Waals surface area contributed by atoms with Gasteiger partial charge in [0.05, 0.1) is 5.69 Å². The van der Waals surface area contributed by atoms with Gasteiger partial charge in [-0.15, -0.1) is 5.10 Å². The predicted octanol–water partition coefficient (Wildman–Crippen LogP) is 2.09. The highest BCUT2D eigenvalue weighted by Gasteiger charge is 2.09. The summed E-state index contributed by atoms with van der Waals surface area (Å²) < 4.78 is 14.1. The molecule has 3 rings (SSSR count). The van der Waals surface area contributed by atoms with Crippen molar-refractivity contribution in [3.63, 3.8) is 0 Å². The molecule has 0 saturated carbocycles. The molecule has 0 aliphatic heterocycles. The molecule has 3 N–H and O–H groups in total. The van der Waals surface area contributed by atoms with Gasteiger partial charge in [0.15, 0.2) is 5.82 Å². The third-order valence-corrected chi connectivity index (χ3v) is 2.93. The number of aromatic nitrogens is 3. The smallest absolute Gasteiger partial charge is 0.314 e. The molecule has 7 heteroatoms. The van der Waals surface area contributed by atoms with Gasteiger partial charge in [0, 0.05) is 5.69 Å². The van der Waals surface area contributed by atoms with Gasteiger partial charge in [-0.25, -0.2) is 4.39 Å². The molecule has 1 aromatic heterocycles. The van der Waals surface area contributed by atoms with Crippen molar-refractivity contribution in [2.24, 2.45) is 0 Å². The maximum atomic E-state index is 12.9. The summed E-state index contributed by atoms with van der Waals surface area (Å²) >= 11 is 0. The summed E-state index contributed by atoms with van der Waals surface area (Å²) in [4.78, 5) is 16.0. The normalized spacial score (nSPS) is 10.4. The van der Waals surface area contributed by atoms with Gasteiger partial charge < -0.3 is 11.1 Å². The summed E-state index contributed by atoms with van der Waals surface area (Å²) in [6, 6.07) is 14.5. The molecule has 0 saturated heterocycles. The van der Waals surface area contributed by atoms with Gasteiger partial charge in [0.1, 0.15) is 5.82 Å². The minimum absolute atomic E-state index is 0.146. The Labute approximate surface area is 125 Å². The van der Waals surface area contributed by atoms with Crippen molar-refractivity contribution in [1.29, 1.82) is 0 Å². The second-order valence-electron chi connectivity index (χ2n) is 4.51. The highest BCUT2D eigenvalue weighted by molar-refractivity contribution is 5.53. The van der Waals surface area contributed by atoms with E-state index in [0.717, 1.165) is 4.68 Å². The van der Waals surface area contributed by atoms with Crippen LogP contribution in [0.1, 0.15) is 0 Å². The summed E-state index contributed by atoms with van der Waals surface area (Å²) in [5.74, 6) is -0.378. The van der Waals surface area contributed by atoms with Gasteiger partial charge in [0.2, 0.25) is 5.95 Å². The number of anilines is 3. The van der Waals surface area contributed by atoms with Gasteiger partial charge in [-0.1, -0.05) is 18.2 Å². The van der Waals surface area contributed by atoms with Crippen molar-refractivity contribution in [3.8, 4) is 5.69 Å². The summed E-state index contributed by atoms with van der Waals surface area (Å²) in [6.07, 6.45) is 0. The number of hydrogen-bond acceptors (Lipinski definition) is 5. The Morgan fingerprint density at radius 3 is 2.41 bits per heavy atom. The molecule has 22 heavy (non-hydrogen) atoms. The molecule has 2 aromatic carbocycles. The molecule has 110 valence electrons. The fourth-order valence-electron chi connectivity index (χ4n) is 1.89. The second-order valence-corrected chi connectivity index (χ2v) is 4.51. The Balaban J connectivity index is 2.01. The molecule has 0 aliphatic carbocycles. The molecule has 0 unspecified atom stereocenters. The van der Waals surface area contributed by atoms with Crippen LogP contribution in [0.25, 0.3) is 5.69 Å². The molecule has 6 nitrogen and oxygen atoms in total. The molecule has 3 aromatic rings. The van der Waals surface area contributed by atoms with E-state index in [1.807, 2.05) is 6.07 Å². The fourth-order valence-corrected chi connectivity index (χ4v) is 1.89. The Hall–Kier alpha value is -3.22. The SMILES string of the molecule is Nc1nc(Nc2ccc(F)cc2)nn(-c2ccccc2)c1=O. The number of nitrogen functional groups attached to an aromatic ring is 1. The highest BCUT2D eigenvalue weighted by Crippen LogP contribution is 2.14. The molecule has 0 bridgehead atoms. The third-order valence-electron chi connectivity index (χ3n) is 2.93. The molecule has 1 heterocycles. The number of nitrogens with zero attached hydrogens (tertiary/aromatic N) is 3. The Kier molecular flexibility index (Phi) is 3.53. The topological polar surface area (TPSA) is 85.8 Å². The zero-order valence-corrected chi connectivity index (χ0v) is 11.4. The maximum absolute atomic E-state index is 12.9. The lowest BCUT2D eigenvalue weighted by Gasteiger charge is -2.09. The Bertz CT molecular complexity index is 846. The van der Waals surface area contributed by atoms with E-state index in [-0.39, 0.29) is 17.6 Å². The molecule has 0 spiro atoms. The largest absolute Gasteiger partial charge is 0.379 e. The van der Waals surface area contributed by atoms with Crippen molar-refractivity contribution in [3.05, 3.63) is 70.8 Å². The number of nitrogens with one attached hydrogen (secondary N) is 1. The van der Waals surface area contributed by atoms with Crippen LogP contribution in [0.2, 0.25) is 0 Å². The monoisotopic (exact) mass is 297 g/mol. The number of nitrogens with two attached hydrogens (primary N) is 1. The van der Waals surface area contributed by atoms with Crippen LogP contribution < -0.4 is 16.6 Å². The number of rotatable bonds is 3. The van der Waals surface area contributed by atoms with Crippen LogP contribution in [0, 0.1) is 5.82 Å². The van der Waals surface area contributed by atoms with Crippen LogP contribution in [-0.4, -0.2) is 14.8 Å². The number of benzene rings is 2. The molecule has 0 amide bonds. The van der Waals surface area contributed by atoms with Crippen molar-refractivity contribution in [2.45, 2.75) is 0 Å². The lowest BCUT2D eigenvalue weighted by Crippen LogP contribution is -2.26. The van der Waals surface area contributed by atoms with Crippen molar-refractivity contribution in [2.75, 3.05) is 11.1 Å². The number of hydrogen-bond donors (Lipinski definition) is 2. The van der Waals surface area contributed by atoms with E-state index in [1.54, 1.807) is 24.3 Å². The zero-order chi connectivity index (χ0) is 15.5. The quantitative estimate of drug-likeness (QED) is 0.773. The Morgan fingerprint density at radius 2 is 1.73 bits per heavy atom. The molecule has 0 atom stereocenters. The van der Waals surface area contributed by atoms with Crippen LogP contribution in [0.5, 0.6) is 0 Å². The van der Waals surface area contributed by atoms with Gasteiger partial charge in [-0.2, -0.15) is 9.67 Å². The zero-order valence-electron chi connectivity index (χ0n) is 11.4. The van der Waals surface area contributed by atoms with Gasteiger partial charge >= 0.3 is 5.56 Å². The first-order valence-corrected chi connectivity index (χ1v) is 6.48. The van der Waals surface area contributed by atoms with Crippen LogP contribution >= 0.6 is 0 Å². The van der Waals surface area contributed by atoms with Crippen LogP contribution in [0.4, 0.5) is 21.8 Å². The minimum atomic E-state index is -0.504. The van der Waals surface area contributed by atoms with E-state index >= 15 is 0 Å². The van der Waals surface area contributed by atoms with Crippen LogP contribution in [0.15, 0.2) is 59.4 Å². The summed E-state index contributed by atoms with van der Waals surface area (Å²) in [7, 11) is 0. The number of para-hydroxylation sites is 1. The molecular formula is C15H12FN5O. The minimum Gasteiger partial charge on any atom is -0.379 e. The summed E-state index contributed by atoms with van der Waals surface area (Å²) in [5.41, 5.74) is 6.30. The molecule has 0 aliphatic rings. The maximum Gasteiger partial charge on any atom is 0.314 e. The van der Waals surface area contributed by atoms with E-state index in [4.69, 9.17) is 5.73 Å². The lowest BCUT2D eigenvalue weighted by molar-refractivity contribution is 0.628. The predicted molar refractivity (Wildman–Crippen MR) is 81.7 cm³/mol. The average molecular weight is 297 g/mol. The van der Waals surface area contributed by atoms with E-state index in [9.17, 15) is 9.18 Å². The first-order valence-electron chi connectivity index (χ1n) is 6.48. The first-order chi connectivity index (χ1) is 10.6. The summed E-state index contributed by atoms with van der Waals surface area (Å²) in [6.45, 7) is 0. The molecular weight excluding hydrogens is 285 g/mol. The van der Waals surface area contributed by atoms with Crippen molar-refractivity contribution >= 4 is 17.5 Å². The van der Waals surface area contributed by atoms with E-state index in [0.29, 0.717) is 11.4 Å². The first kappa shape index (κ1) is 13.7. The van der Waals surface area contributed by atoms with Gasteiger partial charge in [0.25, 0.3) is 0 Å². The standard InChI is InChI=1S/C15H12FN5O/c16-10-6-8-11(9-7-10)18-15-19-13(17)14(22)21(20-15)12-4-2-1-3-5-12/h1-9H,(H3,17,18,19,20). The fraction of sp³-hybridized carbons (Fsp3) is 0. The van der Waals surface area contributed by atoms with E-state index < -0.39 is 5.56 Å². The number of halogens is 1. The van der Waals surface area contributed by atoms with E-state index in [2.05, 4.69) is 15.4 Å². The van der Waals surface area contributed by atoms with Gasteiger partial charge in [-0.05, 0) is 36.4 Å². The average Bonchev–Trinajstić information content (AvgIpc) is 2.54. The van der Waals surface area contributed by atoms with Crippen molar-refractivity contribution < 1.29 is 4.39 Å². The lowest BCUT2D eigenvalue weighted by atomic mass is 10.3. The Morgan fingerprint density at radius 1 is 1.05 bits per heavy atom. The molecule has 0 radical (unpaired) electrons. The highest BCUT2D eigenvalue weighted by atomic mass is 19.1. The second kappa shape index (κ2) is 5.65. The summed E-state index contributed by atoms with van der Waals surface area (Å²) in [5, 5.41) is 7.01. The van der Waals surface area contributed by atoms with Crippen molar-refractivity contribution in [1.82, 2.24) is 14.8 Å². The third kappa shape index (κ3) is 2.78. The van der Waals surface area contributed by atoms with Gasteiger partial charge in [-0.3, -0.25) is 4.79 Å². The van der Waals surface area contributed by atoms with E-state index in [1.165, 1.54) is 24.3 Å². The molecule has 0 fully saturated rings. The van der Waals surface area contributed by atoms with Crippen LogP contribution in [-0.2, 0) is 0 Å². The van der Waals surface area contributed by atoms with Crippen LogP contribution in [0.3, 0.4) is 0 Å².